The van der Waals surface area contributed by atoms with Crippen molar-refractivity contribution in [2.75, 3.05) is 0 Å². The van der Waals surface area contributed by atoms with Gasteiger partial charge in [-0.15, -0.1) is 0 Å². The molecule has 4 bridgehead atoms. The average Bonchev–Trinajstić information content (AvgIpc) is 2.52. The molecule has 3 heteroatoms. The lowest BCUT2D eigenvalue weighted by Gasteiger charge is -2.45. The molecule has 0 amide bonds. The first-order valence-corrected chi connectivity index (χ1v) is 8.94. The van der Waals surface area contributed by atoms with Crippen molar-refractivity contribution in [1.29, 1.82) is 0 Å². The molecule has 3 aliphatic carbocycles. The van der Waals surface area contributed by atoms with Gasteiger partial charge in [0, 0.05) is 11.0 Å². The van der Waals surface area contributed by atoms with Crippen molar-refractivity contribution in [3.05, 3.63) is 10.4 Å². The number of azide groups is 1. The van der Waals surface area contributed by atoms with Gasteiger partial charge in [-0.05, 0) is 42.0 Å². The predicted molar refractivity (Wildman–Crippen MR) is 82.3 cm³/mol. The molecule has 20 heavy (non-hydrogen) atoms. The monoisotopic (exact) mass is 275 g/mol. The molecule has 0 aromatic carbocycles. The SMILES string of the molecule is [N-]=[N+]=NC1C2CCCC1C1CCCCCCC2CCC1. The smallest absolute Gasteiger partial charge is 0.0435 e. The van der Waals surface area contributed by atoms with Crippen LogP contribution in [0.2, 0.25) is 0 Å². The maximum Gasteiger partial charge on any atom is 0.0435 e. The minimum Gasteiger partial charge on any atom is -0.0900 e. The Bertz CT molecular complexity index is 333. The lowest BCUT2D eigenvalue weighted by Crippen LogP contribution is -2.41. The van der Waals surface area contributed by atoms with Crippen LogP contribution in [-0.2, 0) is 0 Å². The Hall–Kier alpha value is -0.690. The van der Waals surface area contributed by atoms with Crippen LogP contribution in [0.5, 0.6) is 0 Å². The zero-order valence-electron chi connectivity index (χ0n) is 12.7. The van der Waals surface area contributed by atoms with E-state index in [1.807, 2.05) is 0 Å². The second kappa shape index (κ2) is 6.85. The fraction of sp³-hybridized carbons (Fsp3) is 1.00. The molecule has 4 unspecified atom stereocenters. The van der Waals surface area contributed by atoms with Gasteiger partial charge in [0.2, 0.25) is 0 Å². The van der Waals surface area contributed by atoms with E-state index in [1.165, 1.54) is 77.0 Å². The topological polar surface area (TPSA) is 48.8 Å². The van der Waals surface area contributed by atoms with Gasteiger partial charge in [-0.25, -0.2) is 0 Å². The maximum absolute atomic E-state index is 9.04. The van der Waals surface area contributed by atoms with Gasteiger partial charge in [-0.1, -0.05) is 69.3 Å². The van der Waals surface area contributed by atoms with Gasteiger partial charge in [-0.2, -0.15) is 0 Å². The summed E-state index contributed by atoms with van der Waals surface area (Å²) in [6.45, 7) is 0. The summed E-state index contributed by atoms with van der Waals surface area (Å²) in [5, 5.41) is 4.34. The minimum absolute atomic E-state index is 0.321. The highest BCUT2D eigenvalue weighted by atomic mass is 15.2. The fourth-order valence-electron chi connectivity index (χ4n) is 5.46. The van der Waals surface area contributed by atoms with Crippen molar-refractivity contribution < 1.29 is 0 Å². The van der Waals surface area contributed by atoms with E-state index in [9.17, 15) is 0 Å². The van der Waals surface area contributed by atoms with Gasteiger partial charge >= 0.3 is 0 Å². The maximum atomic E-state index is 9.04. The van der Waals surface area contributed by atoms with Crippen molar-refractivity contribution in [3.8, 4) is 0 Å². The van der Waals surface area contributed by atoms with E-state index in [0.29, 0.717) is 17.9 Å². The molecule has 0 aromatic rings. The third-order valence-corrected chi connectivity index (χ3v) is 6.40. The summed E-state index contributed by atoms with van der Waals surface area (Å²) in [6.07, 6.45) is 16.6. The van der Waals surface area contributed by atoms with Crippen LogP contribution in [0.15, 0.2) is 5.11 Å². The van der Waals surface area contributed by atoms with Crippen molar-refractivity contribution in [2.45, 2.75) is 83.1 Å². The predicted octanol–water partition coefficient (Wildman–Crippen LogP) is 5.85. The van der Waals surface area contributed by atoms with E-state index in [0.717, 1.165) is 11.8 Å². The normalized spacial score (nSPS) is 42.1. The highest BCUT2D eigenvalue weighted by Crippen LogP contribution is 2.47. The van der Waals surface area contributed by atoms with Gasteiger partial charge in [0.15, 0.2) is 0 Å². The summed E-state index contributed by atoms with van der Waals surface area (Å²) in [6, 6.07) is 0.321. The molecular formula is C17H29N3. The third-order valence-electron chi connectivity index (χ3n) is 6.40. The first-order chi connectivity index (χ1) is 9.90. The summed E-state index contributed by atoms with van der Waals surface area (Å²) in [4.78, 5) is 3.24. The molecular weight excluding hydrogens is 246 g/mol. The van der Waals surface area contributed by atoms with Crippen LogP contribution in [0, 0.1) is 23.7 Å². The Morgan fingerprint density at radius 3 is 1.70 bits per heavy atom. The van der Waals surface area contributed by atoms with Crippen LogP contribution < -0.4 is 0 Å². The van der Waals surface area contributed by atoms with Crippen LogP contribution in [0.1, 0.15) is 77.0 Å². The van der Waals surface area contributed by atoms with Crippen molar-refractivity contribution in [3.63, 3.8) is 0 Å². The number of hydrogen-bond acceptors (Lipinski definition) is 1. The highest BCUT2D eigenvalue weighted by molar-refractivity contribution is 4.95. The fourth-order valence-corrected chi connectivity index (χ4v) is 5.46. The quantitative estimate of drug-likeness (QED) is 0.327. The zero-order valence-corrected chi connectivity index (χ0v) is 12.7. The highest BCUT2D eigenvalue weighted by Gasteiger charge is 2.41. The van der Waals surface area contributed by atoms with Crippen molar-refractivity contribution in [2.24, 2.45) is 28.8 Å². The van der Waals surface area contributed by atoms with Crippen molar-refractivity contribution >= 4 is 0 Å². The first-order valence-electron chi connectivity index (χ1n) is 8.94. The zero-order chi connectivity index (χ0) is 13.8. The molecule has 0 heterocycles. The largest absolute Gasteiger partial charge is 0.0900 e. The van der Waals surface area contributed by atoms with E-state index >= 15 is 0 Å². The van der Waals surface area contributed by atoms with Gasteiger partial charge in [-0.3, -0.25) is 0 Å². The molecule has 0 radical (unpaired) electrons. The number of rotatable bonds is 1. The Morgan fingerprint density at radius 1 is 0.650 bits per heavy atom. The van der Waals surface area contributed by atoms with E-state index in [-0.39, 0.29) is 0 Å². The summed E-state index contributed by atoms with van der Waals surface area (Å²) < 4.78 is 0. The van der Waals surface area contributed by atoms with E-state index in [4.69, 9.17) is 5.53 Å². The molecule has 0 saturated heterocycles. The molecule has 3 rings (SSSR count). The third kappa shape index (κ3) is 2.98. The summed E-state index contributed by atoms with van der Waals surface area (Å²) in [5.41, 5.74) is 9.04. The molecule has 3 saturated carbocycles. The summed E-state index contributed by atoms with van der Waals surface area (Å²) >= 11 is 0. The number of nitrogens with zero attached hydrogens (tertiary/aromatic N) is 3. The van der Waals surface area contributed by atoms with Crippen LogP contribution >= 0.6 is 0 Å². The van der Waals surface area contributed by atoms with Crippen LogP contribution in [0.4, 0.5) is 0 Å². The molecule has 4 atom stereocenters. The van der Waals surface area contributed by atoms with E-state index < -0.39 is 0 Å². The minimum atomic E-state index is 0.321. The molecule has 3 aliphatic rings. The Balaban J connectivity index is 1.91. The molecule has 0 spiro atoms. The second-order valence-corrected chi connectivity index (χ2v) is 7.40. The average molecular weight is 275 g/mol. The summed E-state index contributed by atoms with van der Waals surface area (Å²) in [5.74, 6) is 3.08. The molecule has 3 nitrogen and oxygen atoms in total. The first kappa shape index (κ1) is 14.3. The van der Waals surface area contributed by atoms with Gasteiger partial charge < -0.3 is 0 Å². The summed E-state index contributed by atoms with van der Waals surface area (Å²) in [7, 11) is 0. The van der Waals surface area contributed by atoms with Crippen LogP contribution in [0.25, 0.3) is 10.4 Å². The van der Waals surface area contributed by atoms with Crippen molar-refractivity contribution in [1.82, 2.24) is 0 Å². The Morgan fingerprint density at radius 2 is 1.15 bits per heavy atom. The Labute approximate surface area is 123 Å². The standard InChI is InChI=1S/C17H29N3/c18-20-19-17-15-11-6-12-16(17)14-8-4-2-1-3-7-13(15)9-5-10-14/h13-17H,1-12H2. The molecule has 0 aliphatic heterocycles. The molecule has 0 aromatic heterocycles. The van der Waals surface area contributed by atoms with E-state index in [1.54, 1.807) is 0 Å². The van der Waals surface area contributed by atoms with E-state index in [2.05, 4.69) is 10.0 Å². The molecule has 3 fully saturated rings. The lowest BCUT2D eigenvalue weighted by molar-refractivity contribution is 0.0792. The lowest BCUT2D eigenvalue weighted by atomic mass is 9.62. The van der Waals surface area contributed by atoms with Crippen LogP contribution in [-0.4, -0.2) is 6.04 Å². The number of hydrogen-bond donors (Lipinski definition) is 0. The van der Waals surface area contributed by atoms with Gasteiger partial charge in [0.1, 0.15) is 0 Å². The molecule has 0 N–H and O–H groups in total. The van der Waals surface area contributed by atoms with Crippen LogP contribution in [0.3, 0.4) is 0 Å². The van der Waals surface area contributed by atoms with Gasteiger partial charge in [0.25, 0.3) is 0 Å². The van der Waals surface area contributed by atoms with Gasteiger partial charge in [0.05, 0.1) is 0 Å². The molecule has 112 valence electrons. The Kier molecular flexibility index (Phi) is 4.88. The second-order valence-electron chi connectivity index (χ2n) is 7.40.